The second kappa shape index (κ2) is 8.52. The Balaban J connectivity index is 1.81. The van der Waals surface area contributed by atoms with E-state index < -0.39 is 4.92 Å². The van der Waals surface area contributed by atoms with Crippen molar-refractivity contribution in [2.24, 2.45) is 0 Å². The lowest BCUT2D eigenvalue weighted by Gasteiger charge is -2.11. The van der Waals surface area contributed by atoms with Crippen LogP contribution in [0.3, 0.4) is 0 Å². The first kappa shape index (κ1) is 17.3. The first-order valence-electron chi connectivity index (χ1n) is 7.60. The lowest BCUT2D eigenvalue weighted by Crippen LogP contribution is -2.29. The minimum atomic E-state index is -0.445. The van der Waals surface area contributed by atoms with Gasteiger partial charge in [-0.05, 0) is 31.2 Å². The fourth-order valence-electron chi connectivity index (χ4n) is 2.11. The molecule has 0 saturated heterocycles. The molecule has 0 spiro atoms. The van der Waals surface area contributed by atoms with Crippen LogP contribution in [0.1, 0.15) is 17.3 Å². The summed E-state index contributed by atoms with van der Waals surface area (Å²) in [5, 5.41) is 16.5. The number of carbonyl (C=O) groups excluding carboxylic acids is 1. The molecule has 2 aromatic rings. The molecule has 7 nitrogen and oxygen atoms in total. The largest absolute Gasteiger partial charge is 0.493 e. The molecule has 0 aromatic heterocycles. The molecule has 0 heterocycles. The zero-order chi connectivity index (χ0) is 17.4. The number of nitrogens with one attached hydrogen (secondary N) is 2. The Labute approximate surface area is 139 Å². The highest BCUT2D eigenvalue weighted by Gasteiger charge is 2.11. The van der Waals surface area contributed by atoms with Crippen molar-refractivity contribution in [1.29, 1.82) is 0 Å². The van der Waals surface area contributed by atoms with Gasteiger partial charge in [0.2, 0.25) is 0 Å². The molecular weight excluding hydrogens is 310 g/mol. The van der Waals surface area contributed by atoms with Crippen molar-refractivity contribution in [2.75, 3.05) is 25.0 Å². The molecule has 0 aliphatic carbocycles. The lowest BCUT2D eigenvalue weighted by molar-refractivity contribution is -0.384. The number of nitro benzene ring substituents is 1. The first-order chi connectivity index (χ1) is 11.6. The van der Waals surface area contributed by atoms with E-state index in [0.29, 0.717) is 31.0 Å². The van der Waals surface area contributed by atoms with Gasteiger partial charge in [0.1, 0.15) is 5.75 Å². The second-order valence-corrected chi connectivity index (χ2v) is 4.92. The number of para-hydroxylation sites is 1. The fraction of sp³-hybridized carbons (Fsp3) is 0.235. The molecule has 2 rings (SSSR count). The van der Waals surface area contributed by atoms with Crippen LogP contribution < -0.4 is 15.4 Å². The topological polar surface area (TPSA) is 93.5 Å². The molecule has 0 radical (unpaired) electrons. The third kappa shape index (κ3) is 4.70. The average molecular weight is 329 g/mol. The number of non-ortho nitro benzene ring substituents is 1. The second-order valence-electron chi connectivity index (χ2n) is 4.92. The number of nitrogens with zero attached hydrogens (tertiary/aromatic N) is 1. The minimum Gasteiger partial charge on any atom is -0.493 e. The molecule has 0 aliphatic rings. The Morgan fingerprint density at radius 3 is 2.50 bits per heavy atom. The van der Waals surface area contributed by atoms with Crippen LogP contribution in [0.2, 0.25) is 0 Å². The van der Waals surface area contributed by atoms with Gasteiger partial charge in [-0.3, -0.25) is 14.9 Å². The number of ether oxygens (including phenoxy) is 1. The van der Waals surface area contributed by atoms with Crippen molar-refractivity contribution < 1.29 is 14.5 Å². The maximum absolute atomic E-state index is 12.2. The molecule has 1 amide bonds. The Hall–Kier alpha value is -3.09. The predicted octanol–water partition coefficient (Wildman–Crippen LogP) is 2.84. The van der Waals surface area contributed by atoms with Gasteiger partial charge in [0.05, 0.1) is 17.1 Å². The number of nitro groups is 1. The zero-order valence-corrected chi connectivity index (χ0v) is 13.3. The highest BCUT2D eigenvalue weighted by atomic mass is 16.6. The summed E-state index contributed by atoms with van der Waals surface area (Å²) in [6.45, 7) is 3.27. The maximum atomic E-state index is 12.2. The van der Waals surface area contributed by atoms with E-state index in [-0.39, 0.29) is 11.6 Å². The van der Waals surface area contributed by atoms with Gasteiger partial charge in [0.25, 0.3) is 11.6 Å². The van der Waals surface area contributed by atoms with Gasteiger partial charge in [-0.15, -0.1) is 0 Å². The van der Waals surface area contributed by atoms with E-state index >= 15 is 0 Å². The summed E-state index contributed by atoms with van der Waals surface area (Å²) >= 11 is 0. The first-order valence-corrected chi connectivity index (χ1v) is 7.60. The van der Waals surface area contributed by atoms with Crippen LogP contribution in [0, 0.1) is 10.1 Å². The normalized spacial score (nSPS) is 10.0. The number of amides is 1. The third-order valence-corrected chi connectivity index (χ3v) is 3.25. The summed E-state index contributed by atoms with van der Waals surface area (Å²) < 4.78 is 5.43. The Kier molecular flexibility index (Phi) is 6.13. The summed E-state index contributed by atoms with van der Waals surface area (Å²) in [4.78, 5) is 22.3. The van der Waals surface area contributed by atoms with Crippen LogP contribution in [0.5, 0.6) is 5.75 Å². The van der Waals surface area contributed by atoms with Crippen molar-refractivity contribution in [3.05, 3.63) is 64.2 Å². The monoisotopic (exact) mass is 329 g/mol. The van der Waals surface area contributed by atoms with E-state index in [1.165, 1.54) is 12.1 Å². The molecule has 7 heteroatoms. The van der Waals surface area contributed by atoms with Crippen LogP contribution in [0.25, 0.3) is 0 Å². The average Bonchev–Trinajstić information content (AvgIpc) is 2.59. The van der Waals surface area contributed by atoms with Crippen molar-refractivity contribution >= 4 is 17.3 Å². The minimum absolute atomic E-state index is 0.0429. The zero-order valence-electron chi connectivity index (χ0n) is 13.3. The lowest BCUT2D eigenvalue weighted by atomic mass is 10.2. The number of rotatable bonds is 8. The van der Waals surface area contributed by atoms with Crippen LogP contribution in [-0.4, -0.2) is 30.5 Å². The van der Waals surface area contributed by atoms with E-state index in [9.17, 15) is 14.9 Å². The van der Waals surface area contributed by atoms with Gasteiger partial charge in [-0.2, -0.15) is 0 Å². The quantitative estimate of drug-likeness (QED) is 0.441. The molecule has 2 aromatic carbocycles. The highest BCUT2D eigenvalue weighted by molar-refractivity contribution is 5.96. The number of hydrogen-bond acceptors (Lipinski definition) is 5. The molecule has 24 heavy (non-hydrogen) atoms. The number of benzene rings is 2. The Bertz CT molecular complexity index is 701. The molecule has 0 unspecified atom stereocenters. The predicted molar refractivity (Wildman–Crippen MR) is 91.5 cm³/mol. The van der Waals surface area contributed by atoms with E-state index in [2.05, 4.69) is 10.6 Å². The van der Waals surface area contributed by atoms with Gasteiger partial charge in [0.15, 0.2) is 0 Å². The summed E-state index contributed by atoms with van der Waals surface area (Å²) in [5.74, 6) is 0.352. The summed E-state index contributed by atoms with van der Waals surface area (Å²) in [7, 11) is 0. The summed E-state index contributed by atoms with van der Waals surface area (Å²) in [6, 6.07) is 13.2. The smallest absolute Gasteiger partial charge is 0.269 e. The fourth-order valence-corrected chi connectivity index (χ4v) is 2.11. The highest BCUT2D eigenvalue weighted by Crippen LogP contribution is 2.17. The molecular formula is C17H19N3O4. The van der Waals surface area contributed by atoms with Crippen molar-refractivity contribution in [2.45, 2.75) is 6.92 Å². The van der Waals surface area contributed by atoms with Crippen LogP contribution >= 0.6 is 0 Å². The molecule has 0 saturated carbocycles. The molecule has 0 bridgehead atoms. The molecule has 126 valence electrons. The van der Waals surface area contributed by atoms with Crippen LogP contribution in [-0.2, 0) is 0 Å². The van der Waals surface area contributed by atoms with Crippen LogP contribution in [0.15, 0.2) is 48.5 Å². The van der Waals surface area contributed by atoms with Crippen LogP contribution in [0.4, 0.5) is 11.4 Å². The molecule has 0 atom stereocenters. The SMILES string of the molecule is CCOc1ccccc1C(=O)NCCNc1ccc([N+](=O)[O-])cc1. The standard InChI is InChI=1S/C17H19N3O4/c1-2-24-16-6-4-3-5-15(16)17(21)19-12-11-18-13-7-9-14(10-8-13)20(22)23/h3-10,18H,2,11-12H2,1H3,(H,19,21). The van der Waals surface area contributed by atoms with Gasteiger partial charge >= 0.3 is 0 Å². The van der Waals surface area contributed by atoms with E-state index in [1.54, 1.807) is 30.3 Å². The van der Waals surface area contributed by atoms with Gasteiger partial charge in [-0.25, -0.2) is 0 Å². The van der Waals surface area contributed by atoms with Gasteiger partial charge in [-0.1, -0.05) is 12.1 Å². The molecule has 0 aliphatic heterocycles. The third-order valence-electron chi connectivity index (χ3n) is 3.25. The number of anilines is 1. The van der Waals surface area contributed by atoms with Crippen molar-refractivity contribution in [1.82, 2.24) is 5.32 Å². The molecule has 2 N–H and O–H groups in total. The van der Waals surface area contributed by atoms with E-state index in [1.807, 2.05) is 13.0 Å². The van der Waals surface area contributed by atoms with Gasteiger partial charge < -0.3 is 15.4 Å². The summed E-state index contributed by atoms with van der Waals surface area (Å²) in [6.07, 6.45) is 0. The Morgan fingerprint density at radius 1 is 1.12 bits per heavy atom. The number of carbonyl (C=O) groups is 1. The van der Waals surface area contributed by atoms with E-state index in [4.69, 9.17) is 4.74 Å². The maximum Gasteiger partial charge on any atom is 0.269 e. The van der Waals surface area contributed by atoms with Gasteiger partial charge in [0, 0.05) is 30.9 Å². The Morgan fingerprint density at radius 2 is 1.83 bits per heavy atom. The molecule has 0 fully saturated rings. The van der Waals surface area contributed by atoms with E-state index in [0.717, 1.165) is 5.69 Å². The number of hydrogen-bond donors (Lipinski definition) is 2. The summed E-state index contributed by atoms with van der Waals surface area (Å²) in [5.41, 5.74) is 1.29. The van der Waals surface area contributed by atoms with Crippen molar-refractivity contribution in [3.63, 3.8) is 0 Å². The van der Waals surface area contributed by atoms with Crippen molar-refractivity contribution in [3.8, 4) is 5.75 Å².